The summed E-state index contributed by atoms with van der Waals surface area (Å²) in [5.74, 6) is 0.618. The first kappa shape index (κ1) is 18.9. The van der Waals surface area contributed by atoms with Crippen molar-refractivity contribution < 1.29 is 17.6 Å². The number of carbonyl (C=O) groups excluding carboxylic acids is 1. The van der Waals surface area contributed by atoms with Gasteiger partial charge in [-0.2, -0.15) is 0 Å². The van der Waals surface area contributed by atoms with Crippen molar-refractivity contribution in [2.75, 3.05) is 25.4 Å². The third-order valence-electron chi connectivity index (χ3n) is 6.57. The van der Waals surface area contributed by atoms with Gasteiger partial charge in [0.25, 0.3) is 5.91 Å². The molecule has 0 radical (unpaired) electrons. The molecule has 2 atom stereocenters. The lowest BCUT2D eigenvalue weighted by Crippen LogP contribution is -2.40. The van der Waals surface area contributed by atoms with Gasteiger partial charge in [0.15, 0.2) is 0 Å². The van der Waals surface area contributed by atoms with Crippen LogP contribution in [0, 0.1) is 29.0 Å². The summed E-state index contributed by atoms with van der Waals surface area (Å²) in [4.78, 5) is 12.4. The molecule has 2 aliphatic carbocycles. The number of piperidine rings is 1. The van der Waals surface area contributed by atoms with Crippen LogP contribution in [0.4, 0.5) is 4.39 Å². The van der Waals surface area contributed by atoms with Crippen LogP contribution in [-0.4, -0.2) is 44.0 Å². The van der Waals surface area contributed by atoms with Crippen molar-refractivity contribution in [2.45, 2.75) is 32.6 Å². The lowest BCUT2D eigenvalue weighted by atomic mass is 9.92. The van der Waals surface area contributed by atoms with Crippen molar-refractivity contribution in [1.82, 2.24) is 9.62 Å². The van der Waals surface area contributed by atoms with Gasteiger partial charge in [0.2, 0.25) is 10.0 Å². The molecule has 1 amide bonds. The quantitative estimate of drug-likeness (QED) is 0.737. The summed E-state index contributed by atoms with van der Waals surface area (Å²) in [6.45, 7) is 3.52. The lowest BCUT2D eigenvalue weighted by molar-refractivity contribution is 0.0933. The first-order valence-electron chi connectivity index (χ1n) is 9.88. The molecule has 1 aromatic rings. The zero-order valence-corrected chi connectivity index (χ0v) is 16.5. The van der Waals surface area contributed by atoms with Crippen molar-refractivity contribution in [1.29, 1.82) is 0 Å². The van der Waals surface area contributed by atoms with Crippen LogP contribution in [0.2, 0.25) is 0 Å². The Morgan fingerprint density at radius 1 is 1.26 bits per heavy atom. The SMILES string of the molecule is CCCS(=O)(=O)N1CC2C(C1)C2(CNC(=O)c1ccccc1F)CC1CC1. The standard InChI is InChI=1S/C20H27FN2O3S/c1-2-9-27(25,26)23-11-16-17(12-23)20(16,10-14-7-8-14)13-22-19(24)15-5-3-4-6-18(15)21/h3-6,14,16-17H,2,7-13H2,1H3,(H,22,24). The Hall–Kier alpha value is -1.47. The van der Waals surface area contributed by atoms with Gasteiger partial charge in [-0.1, -0.05) is 31.9 Å². The van der Waals surface area contributed by atoms with Crippen LogP contribution in [0.15, 0.2) is 24.3 Å². The highest BCUT2D eigenvalue weighted by Gasteiger charge is 2.69. The molecule has 3 aliphatic rings. The predicted octanol–water partition coefficient (Wildman–Crippen LogP) is 2.64. The van der Waals surface area contributed by atoms with Gasteiger partial charge in [-0.25, -0.2) is 17.1 Å². The molecule has 27 heavy (non-hydrogen) atoms. The number of rotatable bonds is 8. The first-order chi connectivity index (χ1) is 12.9. The van der Waals surface area contributed by atoms with E-state index in [1.165, 1.54) is 25.0 Å². The minimum absolute atomic E-state index is 0.0136. The topological polar surface area (TPSA) is 66.5 Å². The van der Waals surface area contributed by atoms with E-state index in [4.69, 9.17) is 0 Å². The van der Waals surface area contributed by atoms with E-state index in [0.717, 1.165) is 6.42 Å². The smallest absolute Gasteiger partial charge is 0.254 e. The maximum absolute atomic E-state index is 13.8. The highest BCUT2D eigenvalue weighted by Crippen LogP contribution is 2.67. The maximum Gasteiger partial charge on any atom is 0.254 e. The molecule has 0 spiro atoms. The Morgan fingerprint density at radius 3 is 2.52 bits per heavy atom. The number of carbonyl (C=O) groups is 1. The summed E-state index contributed by atoms with van der Waals surface area (Å²) in [6, 6.07) is 6.00. The molecule has 3 fully saturated rings. The van der Waals surface area contributed by atoms with Gasteiger partial charge in [0, 0.05) is 19.6 Å². The number of fused-ring (bicyclic) bond motifs is 1. The van der Waals surface area contributed by atoms with Crippen LogP contribution >= 0.6 is 0 Å². The van der Waals surface area contributed by atoms with E-state index in [0.29, 0.717) is 43.8 Å². The molecule has 1 saturated heterocycles. The summed E-state index contributed by atoms with van der Waals surface area (Å²) in [5, 5.41) is 2.94. The van der Waals surface area contributed by atoms with Gasteiger partial charge in [0.1, 0.15) is 5.82 Å². The van der Waals surface area contributed by atoms with Crippen LogP contribution in [0.1, 0.15) is 43.0 Å². The highest BCUT2D eigenvalue weighted by molar-refractivity contribution is 7.89. The molecule has 1 aliphatic heterocycles. The third kappa shape index (κ3) is 3.51. The number of sulfonamides is 1. The maximum atomic E-state index is 13.8. The van der Waals surface area contributed by atoms with E-state index >= 15 is 0 Å². The molecule has 0 bridgehead atoms. The minimum atomic E-state index is -3.16. The number of nitrogens with one attached hydrogen (secondary N) is 1. The molecular weight excluding hydrogens is 367 g/mol. The number of hydrogen-bond donors (Lipinski definition) is 1. The fourth-order valence-electron chi connectivity index (χ4n) is 4.90. The predicted molar refractivity (Wildman–Crippen MR) is 101 cm³/mol. The fourth-order valence-corrected chi connectivity index (χ4v) is 6.45. The van der Waals surface area contributed by atoms with Crippen LogP contribution < -0.4 is 5.32 Å². The second kappa shape index (κ2) is 6.85. The van der Waals surface area contributed by atoms with Gasteiger partial charge in [-0.05, 0) is 48.1 Å². The highest BCUT2D eigenvalue weighted by atomic mass is 32.2. The first-order valence-corrected chi connectivity index (χ1v) is 11.5. The molecule has 4 rings (SSSR count). The largest absolute Gasteiger partial charge is 0.351 e. The van der Waals surface area contributed by atoms with Crippen LogP contribution in [0.3, 0.4) is 0 Å². The number of halogens is 1. The lowest BCUT2D eigenvalue weighted by Gasteiger charge is -2.27. The Labute approximate surface area is 160 Å². The minimum Gasteiger partial charge on any atom is -0.351 e. The van der Waals surface area contributed by atoms with Gasteiger partial charge < -0.3 is 5.32 Å². The van der Waals surface area contributed by atoms with Crippen molar-refractivity contribution in [3.8, 4) is 0 Å². The van der Waals surface area contributed by atoms with Crippen molar-refractivity contribution in [3.05, 3.63) is 35.6 Å². The van der Waals surface area contributed by atoms with Crippen LogP contribution in [0.5, 0.6) is 0 Å². The molecule has 1 heterocycles. The van der Waals surface area contributed by atoms with Crippen molar-refractivity contribution >= 4 is 15.9 Å². The number of amides is 1. The third-order valence-corrected chi connectivity index (χ3v) is 8.58. The molecule has 0 aromatic heterocycles. The van der Waals surface area contributed by atoms with Gasteiger partial charge in [0.05, 0.1) is 11.3 Å². The Morgan fingerprint density at radius 2 is 1.93 bits per heavy atom. The van der Waals surface area contributed by atoms with Crippen molar-refractivity contribution in [3.63, 3.8) is 0 Å². The summed E-state index contributed by atoms with van der Waals surface area (Å²) in [5.41, 5.74) is 0.0531. The molecule has 1 N–H and O–H groups in total. The van der Waals surface area contributed by atoms with E-state index in [-0.39, 0.29) is 22.6 Å². The zero-order valence-electron chi connectivity index (χ0n) is 15.7. The molecular formula is C20H27FN2O3S. The monoisotopic (exact) mass is 394 g/mol. The van der Waals surface area contributed by atoms with E-state index in [1.807, 2.05) is 6.92 Å². The zero-order chi connectivity index (χ0) is 19.2. The molecule has 5 nitrogen and oxygen atoms in total. The molecule has 1 aromatic carbocycles. The average molecular weight is 395 g/mol. The average Bonchev–Trinajstić information content (AvgIpc) is 3.49. The Balaban J connectivity index is 1.42. The Kier molecular flexibility index (Phi) is 4.79. The second-order valence-electron chi connectivity index (χ2n) is 8.39. The van der Waals surface area contributed by atoms with E-state index in [2.05, 4.69) is 5.32 Å². The summed E-state index contributed by atoms with van der Waals surface area (Å²) < 4.78 is 40.2. The molecule has 2 unspecified atom stereocenters. The number of benzene rings is 1. The molecule has 2 saturated carbocycles. The second-order valence-corrected chi connectivity index (χ2v) is 10.5. The normalized spacial score (nSPS) is 30.1. The summed E-state index contributed by atoms with van der Waals surface area (Å²) >= 11 is 0. The van der Waals surface area contributed by atoms with Crippen molar-refractivity contribution in [2.24, 2.45) is 23.2 Å². The van der Waals surface area contributed by atoms with E-state index < -0.39 is 15.8 Å². The van der Waals surface area contributed by atoms with E-state index in [9.17, 15) is 17.6 Å². The summed E-state index contributed by atoms with van der Waals surface area (Å²) in [7, 11) is -3.16. The van der Waals surface area contributed by atoms with Gasteiger partial charge in [-0.15, -0.1) is 0 Å². The van der Waals surface area contributed by atoms with Gasteiger partial charge in [-0.3, -0.25) is 4.79 Å². The van der Waals surface area contributed by atoms with Crippen LogP contribution in [-0.2, 0) is 10.0 Å². The van der Waals surface area contributed by atoms with Crippen LogP contribution in [0.25, 0.3) is 0 Å². The van der Waals surface area contributed by atoms with Gasteiger partial charge >= 0.3 is 0 Å². The molecule has 148 valence electrons. The summed E-state index contributed by atoms with van der Waals surface area (Å²) in [6.07, 6.45) is 4.11. The molecule has 7 heteroatoms. The number of nitrogens with zero attached hydrogens (tertiary/aromatic N) is 1. The fraction of sp³-hybridized carbons (Fsp3) is 0.650. The number of hydrogen-bond acceptors (Lipinski definition) is 3. The Bertz CT molecular complexity index is 825. The van der Waals surface area contributed by atoms with E-state index in [1.54, 1.807) is 16.4 Å².